The van der Waals surface area contributed by atoms with Gasteiger partial charge in [-0.15, -0.1) is 0 Å². The third-order valence-corrected chi connectivity index (χ3v) is 7.37. The first-order valence-corrected chi connectivity index (χ1v) is 10.8. The molecule has 29 heavy (non-hydrogen) atoms. The third-order valence-electron chi connectivity index (χ3n) is 7.37. The predicted octanol–water partition coefficient (Wildman–Crippen LogP) is 7.32. The van der Waals surface area contributed by atoms with Crippen molar-refractivity contribution >= 4 is 0 Å². The average Bonchev–Trinajstić information content (AvgIpc) is 2.73. The Bertz CT molecular complexity index is 921. The predicted molar refractivity (Wildman–Crippen MR) is 125 cm³/mol. The lowest BCUT2D eigenvalue weighted by Crippen LogP contribution is -2.31. The SMILES string of the molecule is CC1C=CC=CC1(C)c1ccccc1Cc1ccccc1C1(C)C=CC=CC1C. The summed E-state index contributed by atoms with van der Waals surface area (Å²) in [5.74, 6) is 0.959. The maximum absolute atomic E-state index is 2.38. The molecule has 0 fully saturated rings. The van der Waals surface area contributed by atoms with Crippen LogP contribution in [0.3, 0.4) is 0 Å². The summed E-state index contributed by atoms with van der Waals surface area (Å²) in [5.41, 5.74) is 5.82. The maximum Gasteiger partial charge on any atom is 0.0170 e. The summed E-state index contributed by atoms with van der Waals surface area (Å²) in [7, 11) is 0. The Morgan fingerprint density at radius 3 is 1.45 bits per heavy atom. The van der Waals surface area contributed by atoms with Crippen LogP contribution in [0.15, 0.2) is 97.1 Å². The number of benzene rings is 2. The molecule has 2 aliphatic carbocycles. The molecule has 0 N–H and O–H groups in total. The first kappa shape index (κ1) is 19.7. The van der Waals surface area contributed by atoms with E-state index in [0.29, 0.717) is 11.8 Å². The Morgan fingerprint density at radius 2 is 1.03 bits per heavy atom. The van der Waals surface area contributed by atoms with E-state index in [4.69, 9.17) is 0 Å². The van der Waals surface area contributed by atoms with Crippen molar-refractivity contribution in [1.29, 1.82) is 0 Å². The fourth-order valence-corrected chi connectivity index (χ4v) is 4.95. The van der Waals surface area contributed by atoms with Gasteiger partial charge >= 0.3 is 0 Å². The molecule has 0 saturated carbocycles. The van der Waals surface area contributed by atoms with Crippen molar-refractivity contribution < 1.29 is 0 Å². The second-order valence-electron chi connectivity index (χ2n) is 9.12. The minimum absolute atomic E-state index is 0.0327. The van der Waals surface area contributed by atoms with Crippen LogP contribution in [0.4, 0.5) is 0 Å². The van der Waals surface area contributed by atoms with Crippen LogP contribution in [0.25, 0.3) is 0 Å². The van der Waals surface area contributed by atoms with Gasteiger partial charge in [-0.3, -0.25) is 0 Å². The molecule has 0 saturated heterocycles. The summed E-state index contributed by atoms with van der Waals surface area (Å²) < 4.78 is 0. The smallest absolute Gasteiger partial charge is 0.0170 e. The second-order valence-corrected chi connectivity index (χ2v) is 9.12. The molecular formula is C29H32. The highest BCUT2D eigenvalue weighted by Crippen LogP contribution is 2.41. The first-order valence-electron chi connectivity index (χ1n) is 10.8. The Hall–Kier alpha value is -2.60. The van der Waals surface area contributed by atoms with Gasteiger partial charge in [0.1, 0.15) is 0 Å². The van der Waals surface area contributed by atoms with Gasteiger partial charge in [0, 0.05) is 10.8 Å². The number of hydrogen-bond acceptors (Lipinski definition) is 0. The van der Waals surface area contributed by atoms with Gasteiger partial charge in [0.15, 0.2) is 0 Å². The van der Waals surface area contributed by atoms with E-state index >= 15 is 0 Å². The highest BCUT2D eigenvalue weighted by Gasteiger charge is 2.34. The van der Waals surface area contributed by atoms with Crippen LogP contribution >= 0.6 is 0 Å². The molecule has 4 unspecified atom stereocenters. The first-order chi connectivity index (χ1) is 13.9. The van der Waals surface area contributed by atoms with E-state index in [2.05, 4.69) is 125 Å². The second kappa shape index (κ2) is 7.67. The zero-order chi connectivity index (χ0) is 20.5. The summed E-state index contributed by atoms with van der Waals surface area (Å²) in [6, 6.07) is 18.0. The van der Waals surface area contributed by atoms with Crippen molar-refractivity contribution in [3.05, 3.63) is 119 Å². The highest BCUT2D eigenvalue weighted by molar-refractivity contribution is 5.47. The summed E-state index contributed by atoms with van der Waals surface area (Å²) >= 11 is 0. The van der Waals surface area contributed by atoms with Crippen molar-refractivity contribution in [2.45, 2.75) is 44.9 Å². The molecule has 0 spiro atoms. The van der Waals surface area contributed by atoms with Gasteiger partial charge in [-0.25, -0.2) is 0 Å². The van der Waals surface area contributed by atoms with Crippen molar-refractivity contribution in [2.75, 3.05) is 0 Å². The zero-order valence-electron chi connectivity index (χ0n) is 18.1. The fraction of sp³-hybridized carbons (Fsp3) is 0.310. The topological polar surface area (TPSA) is 0 Å². The molecule has 2 aromatic rings. The van der Waals surface area contributed by atoms with E-state index < -0.39 is 0 Å². The van der Waals surface area contributed by atoms with Crippen LogP contribution in [0, 0.1) is 11.8 Å². The van der Waals surface area contributed by atoms with E-state index in [-0.39, 0.29) is 10.8 Å². The molecule has 148 valence electrons. The molecule has 0 aliphatic heterocycles. The van der Waals surface area contributed by atoms with Gasteiger partial charge < -0.3 is 0 Å². The molecular weight excluding hydrogens is 348 g/mol. The monoisotopic (exact) mass is 380 g/mol. The molecule has 0 radical (unpaired) electrons. The van der Waals surface area contributed by atoms with E-state index in [9.17, 15) is 0 Å². The third kappa shape index (κ3) is 3.46. The molecule has 0 nitrogen and oxygen atoms in total. The number of allylic oxidation sites excluding steroid dienone is 8. The van der Waals surface area contributed by atoms with Gasteiger partial charge in [-0.1, -0.05) is 125 Å². The van der Waals surface area contributed by atoms with Gasteiger partial charge in [-0.05, 0) is 40.5 Å². The van der Waals surface area contributed by atoms with Crippen molar-refractivity contribution in [1.82, 2.24) is 0 Å². The lowest BCUT2D eigenvalue weighted by atomic mass is 9.67. The van der Waals surface area contributed by atoms with E-state index in [0.717, 1.165) is 6.42 Å². The van der Waals surface area contributed by atoms with Gasteiger partial charge in [0.05, 0.1) is 0 Å². The molecule has 4 atom stereocenters. The van der Waals surface area contributed by atoms with E-state index in [1.165, 1.54) is 22.3 Å². The lowest BCUT2D eigenvalue weighted by molar-refractivity contribution is 0.451. The van der Waals surface area contributed by atoms with Crippen LogP contribution in [0.5, 0.6) is 0 Å². The highest BCUT2D eigenvalue weighted by atomic mass is 14.4. The zero-order valence-corrected chi connectivity index (χ0v) is 18.1. The Morgan fingerprint density at radius 1 is 0.621 bits per heavy atom. The normalized spacial score (nSPS) is 30.6. The van der Waals surface area contributed by atoms with Gasteiger partial charge in [0.25, 0.3) is 0 Å². The quantitative estimate of drug-likeness (QED) is 0.521. The van der Waals surface area contributed by atoms with Crippen LogP contribution in [-0.4, -0.2) is 0 Å². The summed E-state index contributed by atoms with van der Waals surface area (Å²) in [6.07, 6.45) is 19.1. The Balaban J connectivity index is 1.76. The molecule has 0 amide bonds. The molecule has 0 heteroatoms. The largest absolute Gasteiger partial charge is 0.0805 e. The molecule has 2 aliphatic rings. The van der Waals surface area contributed by atoms with Crippen LogP contribution < -0.4 is 0 Å². The molecule has 4 rings (SSSR count). The summed E-state index contributed by atoms with van der Waals surface area (Å²) in [4.78, 5) is 0. The summed E-state index contributed by atoms with van der Waals surface area (Å²) in [6.45, 7) is 9.40. The van der Waals surface area contributed by atoms with Gasteiger partial charge in [-0.2, -0.15) is 0 Å². The number of rotatable bonds is 4. The lowest BCUT2D eigenvalue weighted by Gasteiger charge is -2.37. The van der Waals surface area contributed by atoms with Crippen molar-refractivity contribution in [3.8, 4) is 0 Å². The fourth-order valence-electron chi connectivity index (χ4n) is 4.95. The standard InChI is InChI=1S/C29H32/c1-22-13-9-11-19-28(22,3)26-17-7-5-15-24(26)21-25-16-6-8-18-27(25)29(4)20-12-10-14-23(29)2/h5-20,22-23H,21H2,1-4H3. The van der Waals surface area contributed by atoms with Gasteiger partial charge in [0.2, 0.25) is 0 Å². The van der Waals surface area contributed by atoms with E-state index in [1.807, 2.05) is 0 Å². The molecule has 2 aromatic carbocycles. The minimum Gasteiger partial charge on any atom is -0.0805 e. The van der Waals surface area contributed by atoms with Crippen LogP contribution in [-0.2, 0) is 17.3 Å². The van der Waals surface area contributed by atoms with Crippen LogP contribution in [0.2, 0.25) is 0 Å². The minimum atomic E-state index is 0.0327. The van der Waals surface area contributed by atoms with Crippen molar-refractivity contribution in [2.24, 2.45) is 11.8 Å². The number of hydrogen-bond donors (Lipinski definition) is 0. The van der Waals surface area contributed by atoms with E-state index in [1.54, 1.807) is 0 Å². The Kier molecular flexibility index (Phi) is 5.21. The van der Waals surface area contributed by atoms with Crippen LogP contribution in [0.1, 0.15) is 49.9 Å². The van der Waals surface area contributed by atoms with Crippen molar-refractivity contribution in [3.63, 3.8) is 0 Å². The molecule has 0 bridgehead atoms. The molecule has 0 heterocycles. The Labute approximate surface area is 176 Å². The average molecular weight is 381 g/mol. The molecule has 0 aromatic heterocycles. The maximum atomic E-state index is 2.38. The summed E-state index contributed by atoms with van der Waals surface area (Å²) in [5, 5.41) is 0.